The minimum absolute atomic E-state index is 0.0436. The molecule has 1 amide bonds. The van der Waals surface area contributed by atoms with Gasteiger partial charge in [-0.15, -0.1) is 6.42 Å². The maximum absolute atomic E-state index is 10.8. The highest BCUT2D eigenvalue weighted by Gasteiger charge is 1.97. The minimum atomic E-state index is -0.375. The lowest BCUT2D eigenvalue weighted by atomic mass is 10.1. The monoisotopic (exact) mass is 339 g/mol. The maximum Gasteiger partial charge on any atom is 0.248 e. The Morgan fingerprint density at radius 1 is 0.920 bits per heavy atom. The summed E-state index contributed by atoms with van der Waals surface area (Å²) < 4.78 is 0. The van der Waals surface area contributed by atoms with Crippen LogP contribution < -0.4 is 5.73 Å². The Bertz CT molecular complexity index is 680. The number of ketones is 1. The van der Waals surface area contributed by atoms with Gasteiger partial charge in [0.1, 0.15) is 0 Å². The Kier molecular flexibility index (Phi) is 14.4. The van der Waals surface area contributed by atoms with Crippen LogP contribution in [0.15, 0.2) is 48.5 Å². The second-order valence-corrected chi connectivity index (χ2v) is 4.51. The van der Waals surface area contributed by atoms with Crippen molar-refractivity contribution in [2.24, 2.45) is 5.73 Å². The smallest absolute Gasteiger partial charge is 0.248 e. The normalized spacial score (nSPS) is 8.04. The summed E-state index contributed by atoms with van der Waals surface area (Å²) in [5, 5.41) is 0. The van der Waals surface area contributed by atoms with Crippen molar-refractivity contribution in [2.75, 3.05) is 0 Å². The highest BCUT2D eigenvalue weighted by Crippen LogP contribution is 2.04. The summed E-state index contributed by atoms with van der Waals surface area (Å²) in [6, 6.07) is 14.2. The molecule has 0 aliphatic heterocycles. The van der Waals surface area contributed by atoms with E-state index in [1.165, 1.54) is 6.92 Å². The minimum Gasteiger partial charge on any atom is -0.366 e. The van der Waals surface area contributed by atoms with E-state index in [-0.39, 0.29) is 11.7 Å². The average molecular weight is 339 g/mol. The number of hydrogen-bond acceptors (Lipinski definition) is 2. The molecule has 3 heteroatoms. The molecule has 0 heterocycles. The third-order valence-electron chi connectivity index (χ3n) is 2.77. The van der Waals surface area contributed by atoms with Crippen molar-refractivity contribution in [1.82, 2.24) is 0 Å². The molecule has 2 N–H and O–H groups in total. The molecule has 2 aromatic carbocycles. The average Bonchev–Trinajstić information content (AvgIpc) is 2.66. The Balaban J connectivity index is 0. The van der Waals surface area contributed by atoms with Crippen LogP contribution in [-0.2, 0) is 0 Å². The van der Waals surface area contributed by atoms with Crippen molar-refractivity contribution >= 4 is 11.7 Å². The van der Waals surface area contributed by atoms with Gasteiger partial charge in [-0.05, 0) is 38.1 Å². The van der Waals surface area contributed by atoms with E-state index >= 15 is 0 Å². The van der Waals surface area contributed by atoms with Gasteiger partial charge in [0, 0.05) is 16.7 Å². The van der Waals surface area contributed by atoms with Gasteiger partial charge in [-0.1, -0.05) is 63.4 Å². The molecule has 0 saturated carbocycles. The van der Waals surface area contributed by atoms with Gasteiger partial charge < -0.3 is 5.73 Å². The van der Waals surface area contributed by atoms with Crippen molar-refractivity contribution < 1.29 is 9.59 Å². The van der Waals surface area contributed by atoms with Crippen LogP contribution in [0.2, 0.25) is 0 Å². The molecule has 0 aliphatic carbocycles. The van der Waals surface area contributed by atoms with Gasteiger partial charge in [-0.3, -0.25) is 9.59 Å². The molecule has 0 aromatic heterocycles. The van der Waals surface area contributed by atoms with E-state index in [2.05, 4.69) is 5.92 Å². The molecular formula is C22H29NO2. The first-order chi connectivity index (χ1) is 11.9. The van der Waals surface area contributed by atoms with Crippen molar-refractivity contribution in [3.05, 3.63) is 70.8 Å². The Morgan fingerprint density at radius 2 is 1.44 bits per heavy atom. The zero-order chi connectivity index (χ0) is 19.8. The quantitative estimate of drug-likeness (QED) is 0.617. The van der Waals surface area contributed by atoms with Gasteiger partial charge in [0.05, 0.1) is 0 Å². The van der Waals surface area contributed by atoms with Gasteiger partial charge in [0.2, 0.25) is 5.91 Å². The first-order valence-corrected chi connectivity index (χ1v) is 8.38. The molecule has 0 saturated heterocycles. The fourth-order valence-corrected chi connectivity index (χ4v) is 1.55. The maximum atomic E-state index is 10.8. The van der Waals surface area contributed by atoms with E-state index in [0.717, 1.165) is 11.1 Å². The van der Waals surface area contributed by atoms with Gasteiger partial charge in [-0.2, -0.15) is 0 Å². The molecule has 0 atom stereocenters. The molecule has 2 aromatic rings. The Labute approximate surface area is 152 Å². The van der Waals surface area contributed by atoms with Crippen molar-refractivity contribution in [3.63, 3.8) is 0 Å². The number of amides is 1. The van der Waals surface area contributed by atoms with Crippen LogP contribution in [-0.4, -0.2) is 11.7 Å². The van der Waals surface area contributed by atoms with Crippen LogP contribution in [0.4, 0.5) is 0 Å². The number of aryl methyl sites for hydroxylation is 1. The number of benzene rings is 2. The first kappa shape index (κ1) is 24.4. The Hall–Kier alpha value is -2.86. The van der Waals surface area contributed by atoms with E-state index in [0.29, 0.717) is 11.1 Å². The van der Waals surface area contributed by atoms with Crippen LogP contribution >= 0.6 is 0 Å². The lowest BCUT2D eigenvalue weighted by molar-refractivity contribution is 0.0996. The lowest BCUT2D eigenvalue weighted by Gasteiger charge is -1.94. The van der Waals surface area contributed by atoms with Gasteiger partial charge in [0.15, 0.2) is 5.78 Å². The molecular weight excluding hydrogens is 310 g/mol. The van der Waals surface area contributed by atoms with Crippen LogP contribution in [0.25, 0.3) is 0 Å². The summed E-state index contributed by atoms with van der Waals surface area (Å²) in [5.74, 6) is 2.14. The van der Waals surface area contributed by atoms with E-state index in [1.807, 2.05) is 46.8 Å². The van der Waals surface area contributed by atoms with Crippen molar-refractivity contribution in [1.29, 1.82) is 0 Å². The number of nitrogens with two attached hydrogens (primary N) is 1. The first-order valence-electron chi connectivity index (χ1n) is 8.38. The zero-order valence-corrected chi connectivity index (χ0v) is 16.1. The summed E-state index contributed by atoms with van der Waals surface area (Å²) in [6.07, 6.45) is 5.16. The number of carbonyl (C=O) groups is 2. The molecule has 25 heavy (non-hydrogen) atoms. The number of rotatable bonds is 2. The number of hydrogen-bond donors (Lipinski definition) is 1. The SMILES string of the molecule is C#Cc1cccc(C(C)=O)c1.CC.CC.Cc1ccc(C(N)=O)cc1. The number of primary amides is 1. The summed E-state index contributed by atoms with van der Waals surface area (Å²) in [7, 11) is 0. The van der Waals surface area contributed by atoms with Crippen LogP contribution in [0, 0.1) is 19.3 Å². The Morgan fingerprint density at radius 3 is 1.84 bits per heavy atom. The predicted octanol–water partition coefficient (Wildman–Crippen LogP) is 5.02. The fraction of sp³-hybridized carbons (Fsp3) is 0.273. The second kappa shape index (κ2) is 14.7. The molecule has 3 nitrogen and oxygen atoms in total. The van der Waals surface area contributed by atoms with E-state index < -0.39 is 0 Å². The molecule has 0 spiro atoms. The van der Waals surface area contributed by atoms with Crippen molar-refractivity contribution in [2.45, 2.75) is 41.5 Å². The van der Waals surface area contributed by atoms with Crippen LogP contribution in [0.5, 0.6) is 0 Å². The number of carbonyl (C=O) groups excluding carboxylic acids is 2. The fourth-order valence-electron chi connectivity index (χ4n) is 1.55. The molecule has 0 aliphatic rings. The van der Waals surface area contributed by atoms with E-state index in [1.54, 1.807) is 36.4 Å². The van der Waals surface area contributed by atoms with Crippen molar-refractivity contribution in [3.8, 4) is 12.3 Å². The van der Waals surface area contributed by atoms with Crippen LogP contribution in [0.3, 0.4) is 0 Å². The van der Waals surface area contributed by atoms with Gasteiger partial charge >= 0.3 is 0 Å². The summed E-state index contributed by atoms with van der Waals surface area (Å²) in [6.45, 7) is 11.5. The zero-order valence-electron chi connectivity index (χ0n) is 16.1. The molecule has 0 bridgehead atoms. The largest absolute Gasteiger partial charge is 0.366 e. The second-order valence-electron chi connectivity index (χ2n) is 4.51. The lowest BCUT2D eigenvalue weighted by Crippen LogP contribution is -2.10. The predicted molar refractivity (Wildman–Crippen MR) is 107 cm³/mol. The molecule has 0 fully saturated rings. The highest BCUT2D eigenvalue weighted by atomic mass is 16.1. The molecule has 0 radical (unpaired) electrons. The van der Waals surface area contributed by atoms with Gasteiger partial charge in [-0.25, -0.2) is 0 Å². The van der Waals surface area contributed by atoms with E-state index in [4.69, 9.17) is 12.2 Å². The standard InChI is InChI=1S/C10H8O.C8H9NO.2C2H6/c1-3-9-5-4-6-10(7-9)8(2)11;1-6-2-4-7(5-3-6)8(9)10;2*1-2/h1,4-7H,2H3;2-5H,1H3,(H2,9,10);2*1-2H3. The third kappa shape index (κ3) is 10.5. The van der Waals surface area contributed by atoms with Crippen LogP contribution in [0.1, 0.15) is 66.5 Å². The topological polar surface area (TPSA) is 60.2 Å². The molecule has 2 rings (SSSR count). The number of terminal acetylenes is 1. The van der Waals surface area contributed by atoms with Gasteiger partial charge in [0.25, 0.3) is 0 Å². The summed E-state index contributed by atoms with van der Waals surface area (Å²) >= 11 is 0. The molecule has 0 unspecified atom stereocenters. The number of Topliss-reactive ketones (excluding diaryl/α,β-unsaturated/α-hetero) is 1. The summed E-state index contributed by atoms with van der Waals surface area (Å²) in [5.41, 5.74) is 8.13. The molecule has 134 valence electrons. The highest BCUT2D eigenvalue weighted by molar-refractivity contribution is 5.94. The van der Waals surface area contributed by atoms with E-state index in [9.17, 15) is 9.59 Å². The third-order valence-corrected chi connectivity index (χ3v) is 2.77. The summed E-state index contributed by atoms with van der Waals surface area (Å²) in [4.78, 5) is 21.4.